The SMILES string of the molecule is CC(CNC(=O)c1ccc(-c2ccnc(N)n2)s1)c1ccccc1. The number of aromatic nitrogens is 2. The molecule has 122 valence electrons. The highest BCUT2D eigenvalue weighted by molar-refractivity contribution is 7.17. The standard InChI is InChI=1S/C18H18N4OS/c1-12(13-5-3-2-4-6-13)11-21-17(23)16-8-7-15(24-16)14-9-10-20-18(19)22-14/h2-10,12H,11H2,1H3,(H,21,23)(H2,19,20,22). The van der Waals surface area contributed by atoms with Crippen LogP contribution in [0.25, 0.3) is 10.6 Å². The Labute approximate surface area is 144 Å². The predicted molar refractivity (Wildman–Crippen MR) is 96.9 cm³/mol. The normalized spacial score (nSPS) is 11.9. The van der Waals surface area contributed by atoms with Gasteiger partial charge in [-0.05, 0) is 29.7 Å². The molecule has 1 amide bonds. The van der Waals surface area contributed by atoms with Gasteiger partial charge in [0.15, 0.2) is 0 Å². The molecule has 2 heterocycles. The summed E-state index contributed by atoms with van der Waals surface area (Å²) in [6.07, 6.45) is 1.61. The first-order valence-corrected chi connectivity index (χ1v) is 8.47. The van der Waals surface area contributed by atoms with Crippen LogP contribution in [0.3, 0.4) is 0 Å². The van der Waals surface area contributed by atoms with Crippen LogP contribution in [0.4, 0.5) is 5.95 Å². The van der Waals surface area contributed by atoms with Crippen LogP contribution in [-0.2, 0) is 0 Å². The molecule has 1 atom stereocenters. The Morgan fingerprint density at radius 1 is 1.21 bits per heavy atom. The average molecular weight is 338 g/mol. The van der Waals surface area contributed by atoms with Crippen LogP contribution in [0.5, 0.6) is 0 Å². The van der Waals surface area contributed by atoms with E-state index >= 15 is 0 Å². The summed E-state index contributed by atoms with van der Waals surface area (Å²) < 4.78 is 0. The molecule has 0 saturated heterocycles. The number of nitrogens with two attached hydrogens (primary N) is 1. The van der Waals surface area contributed by atoms with Crippen molar-refractivity contribution in [3.05, 3.63) is 65.2 Å². The minimum atomic E-state index is -0.0731. The quantitative estimate of drug-likeness (QED) is 0.748. The van der Waals surface area contributed by atoms with E-state index in [2.05, 4.69) is 34.3 Å². The lowest BCUT2D eigenvalue weighted by Gasteiger charge is -2.12. The number of thiophene rings is 1. The number of rotatable bonds is 5. The van der Waals surface area contributed by atoms with Crippen LogP contribution in [-0.4, -0.2) is 22.4 Å². The molecule has 1 unspecified atom stereocenters. The van der Waals surface area contributed by atoms with Gasteiger partial charge in [-0.25, -0.2) is 9.97 Å². The minimum Gasteiger partial charge on any atom is -0.368 e. The Hall–Kier alpha value is -2.73. The lowest BCUT2D eigenvalue weighted by molar-refractivity contribution is 0.0955. The number of nitrogen functional groups attached to an aromatic ring is 1. The molecule has 3 rings (SSSR count). The van der Waals surface area contributed by atoms with Gasteiger partial charge in [-0.1, -0.05) is 37.3 Å². The van der Waals surface area contributed by atoms with E-state index in [1.807, 2.05) is 24.3 Å². The second-order valence-corrected chi connectivity index (χ2v) is 6.57. The largest absolute Gasteiger partial charge is 0.368 e. The molecular weight excluding hydrogens is 320 g/mol. The summed E-state index contributed by atoms with van der Waals surface area (Å²) in [5.41, 5.74) is 7.54. The van der Waals surface area contributed by atoms with Gasteiger partial charge in [-0.2, -0.15) is 0 Å². The number of nitrogens with zero attached hydrogens (tertiary/aromatic N) is 2. The highest BCUT2D eigenvalue weighted by Crippen LogP contribution is 2.26. The molecular formula is C18H18N4OS. The van der Waals surface area contributed by atoms with Gasteiger partial charge in [0.05, 0.1) is 15.4 Å². The van der Waals surface area contributed by atoms with E-state index in [1.165, 1.54) is 16.9 Å². The number of carbonyl (C=O) groups is 1. The van der Waals surface area contributed by atoms with E-state index < -0.39 is 0 Å². The number of carbonyl (C=O) groups excluding carboxylic acids is 1. The third kappa shape index (κ3) is 3.78. The third-order valence-electron chi connectivity index (χ3n) is 3.69. The highest BCUT2D eigenvalue weighted by atomic mass is 32.1. The second kappa shape index (κ2) is 7.23. The minimum absolute atomic E-state index is 0.0731. The number of hydrogen-bond donors (Lipinski definition) is 2. The monoisotopic (exact) mass is 338 g/mol. The maximum atomic E-state index is 12.3. The van der Waals surface area contributed by atoms with Gasteiger partial charge in [-0.15, -0.1) is 11.3 Å². The summed E-state index contributed by atoms with van der Waals surface area (Å²) in [6.45, 7) is 2.69. The first-order chi connectivity index (χ1) is 11.6. The molecule has 0 aliphatic heterocycles. The van der Waals surface area contributed by atoms with E-state index in [0.717, 1.165) is 10.6 Å². The van der Waals surface area contributed by atoms with Crippen LogP contribution in [0.2, 0.25) is 0 Å². The second-order valence-electron chi connectivity index (χ2n) is 5.49. The molecule has 24 heavy (non-hydrogen) atoms. The number of anilines is 1. The fourth-order valence-corrected chi connectivity index (χ4v) is 3.23. The molecule has 0 bridgehead atoms. The van der Waals surface area contributed by atoms with E-state index in [9.17, 15) is 4.79 Å². The zero-order valence-corrected chi connectivity index (χ0v) is 14.1. The fourth-order valence-electron chi connectivity index (χ4n) is 2.34. The zero-order chi connectivity index (χ0) is 16.9. The van der Waals surface area contributed by atoms with Gasteiger partial charge in [0.2, 0.25) is 5.95 Å². The lowest BCUT2D eigenvalue weighted by atomic mass is 10.0. The summed E-state index contributed by atoms with van der Waals surface area (Å²) in [4.78, 5) is 21.9. The van der Waals surface area contributed by atoms with Gasteiger partial charge in [0.1, 0.15) is 0 Å². The molecule has 0 aliphatic carbocycles. The number of benzene rings is 1. The number of amides is 1. The van der Waals surface area contributed by atoms with Crippen molar-refractivity contribution >= 4 is 23.2 Å². The Bertz CT molecular complexity index is 832. The van der Waals surface area contributed by atoms with E-state index in [-0.39, 0.29) is 17.8 Å². The van der Waals surface area contributed by atoms with Crippen molar-refractivity contribution in [2.45, 2.75) is 12.8 Å². The molecule has 6 heteroatoms. The molecule has 0 spiro atoms. The maximum Gasteiger partial charge on any atom is 0.261 e. The molecule has 0 aliphatic rings. The van der Waals surface area contributed by atoms with Crippen LogP contribution in [0, 0.1) is 0 Å². The summed E-state index contributed by atoms with van der Waals surface area (Å²) in [7, 11) is 0. The number of nitrogens with one attached hydrogen (secondary N) is 1. The fraction of sp³-hybridized carbons (Fsp3) is 0.167. The maximum absolute atomic E-state index is 12.3. The van der Waals surface area contributed by atoms with Gasteiger partial charge >= 0.3 is 0 Å². The molecule has 1 aromatic carbocycles. The van der Waals surface area contributed by atoms with E-state index in [1.54, 1.807) is 18.3 Å². The van der Waals surface area contributed by atoms with Crippen molar-refractivity contribution in [3.8, 4) is 10.6 Å². The molecule has 3 aromatic rings. The van der Waals surface area contributed by atoms with Gasteiger partial charge in [0, 0.05) is 12.7 Å². The van der Waals surface area contributed by atoms with Gasteiger partial charge in [-0.3, -0.25) is 4.79 Å². The smallest absolute Gasteiger partial charge is 0.261 e. The van der Waals surface area contributed by atoms with Crippen molar-refractivity contribution in [2.24, 2.45) is 0 Å². The average Bonchev–Trinajstić information content (AvgIpc) is 3.10. The highest BCUT2D eigenvalue weighted by Gasteiger charge is 2.13. The van der Waals surface area contributed by atoms with Crippen LogP contribution in [0.1, 0.15) is 28.1 Å². The lowest BCUT2D eigenvalue weighted by Crippen LogP contribution is -2.26. The first-order valence-electron chi connectivity index (χ1n) is 7.65. The van der Waals surface area contributed by atoms with Crippen molar-refractivity contribution in [1.29, 1.82) is 0 Å². The molecule has 0 fully saturated rings. The molecule has 2 aromatic heterocycles. The summed E-state index contributed by atoms with van der Waals surface area (Å²) in [5, 5.41) is 2.99. The Kier molecular flexibility index (Phi) is 4.86. The summed E-state index contributed by atoms with van der Waals surface area (Å²) >= 11 is 1.39. The Morgan fingerprint density at radius 2 is 2.00 bits per heavy atom. The van der Waals surface area contributed by atoms with Crippen molar-refractivity contribution < 1.29 is 4.79 Å². The molecule has 0 saturated carbocycles. The van der Waals surface area contributed by atoms with Crippen molar-refractivity contribution in [3.63, 3.8) is 0 Å². The predicted octanol–water partition coefficient (Wildman–Crippen LogP) is 3.32. The van der Waals surface area contributed by atoms with E-state index in [4.69, 9.17) is 5.73 Å². The van der Waals surface area contributed by atoms with Crippen LogP contribution < -0.4 is 11.1 Å². The van der Waals surface area contributed by atoms with Crippen LogP contribution >= 0.6 is 11.3 Å². The topological polar surface area (TPSA) is 80.9 Å². The molecule has 3 N–H and O–H groups in total. The van der Waals surface area contributed by atoms with Gasteiger partial charge in [0.25, 0.3) is 5.91 Å². The first kappa shape index (κ1) is 16.1. The van der Waals surface area contributed by atoms with Gasteiger partial charge < -0.3 is 11.1 Å². The van der Waals surface area contributed by atoms with Crippen molar-refractivity contribution in [1.82, 2.24) is 15.3 Å². The van der Waals surface area contributed by atoms with Crippen molar-refractivity contribution in [2.75, 3.05) is 12.3 Å². The summed E-state index contributed by atoms with van der Waals surface area (Å²) in [6, 6.07) is 15.6. The zero-order valence-electron chi connectivity index (χ0n) is 13.3. The third-order valence-corrected chi connectivity index (χ3v) is 4.80. The van der Waals surface area contributed by atoms with Crippen LogP contribution in [0.15, 0.2) is 54.7 Å². The Balaban J connectivity index is 1.64. The number of hydrogen-bond acceptors (Lipinski definition) is 5. The molecule has 0 radical (unpaired) electrons. The molecule has 5 nitrogen and oxygen atoms in total. The Morgan fingerprint density at radius 3 is 2.75 bits per heavy atom. The van der Waals surface area contributed by atoms with E-state index in [0.29, 0.717) is 11.4 Å². The summed E-state index contributed by atoms with van der Waals surface area (Å²) in [5.74, 6) is 0.413.